The van der Waals surface area contributed by atoms with E-state index < -0.39 is 17.9 Å². The van der Waals surface area contributed by atoms with E-state index in [9.17, 15) is 9.59 Å². The summed E-state index contributed by atoms with van der Waals surface area (Å²) in [4.78, 5) is 30.1. The molecule has 1 heterocycles. The average Bonchev–Trinajstić information content (AvgIpc) is 2.26. The van der Waals surface area contributed by atoms with Gasteiger partial charge in [-0.1, -0.05) is 6.92 Å². The van der Waals surface area contributed by atoms with Crippen LogP contribution in [-0.2, 0) is 4.79 Å². The Hall–Kier alpha value is -1.69. The van der Waals surface area contributed by atoms with Crippen LogP contribution < -0.4 is 5.32 Å². The Morgan fingerprint density at radius 1 is 1.50 bits per heavy atom. The molecule has 0 aliphatic rings. The number of nitrogens with one attached hydrogen (secondary N) is 1. The van der Waals surface area contributed by atoms with Gasteiger partial charge in [0.05, 0.1) is 6.42 Å². The zero-order valence-electron chi connectivity index (χ0n) is 10.1. The fourth-order valence-electron chi connectivity index (χ4n) is 1.42. The maximum Gasteiger partial charge on any atom is 0.305 e. The molecule has 0 spiro atoms. The number of hydrogen-bond acceptors (Lipinski definition) is 4. The van der Waals surface area contributed by atoms with Crippen molar-refractivity contribution in [3.05, 3.63) is 22.7 Å². The van der Waals surface area contributed by atoms with Crippen molar-refractivity contribution in [1.82, 2.24) is 15.3 Å². The second kappa shape index (κ2) is 6.30. The molecule has 18 heavy (non-hydrogen) atoms. The van der Waals surface area contributed by atoms with Crippen molar-refractivity contribution in [3.63, 3.8) is 0 Å². The molecular weight excluding hydrogens is 258 g/mol. The molecule has 0 radical (unpaired) electrons. The molecule has 1 unspecified atom stereocenters. The number of aromatic nitrogens is 2. The number of aliphatic carboxylic acids is 1. The van der Waals surface area contributed by atoms with E-state index >= 15 is 0 Å². The van der Waals surface area contributed by atoms with E-state index in [4.69, 9.17) is 16.7 Å². The predicted molar refractivity (Wildman–Crippen MR) is 65.6 cm³/mol. The largest absolute Gasteiger partial charge is 0.481 e. The van der Waals surface area contributed by atoms with E-state index in [0.717, 1.165) is 0 Å². The Morgan fingerprint density at radius 2 is 2.17 bits per heavy atom. The number of carbonyl (C=O) groups excluding carboxylic acids is 1. The van der Waals surface area contributed by atoms with Gasteiger partial charge in [0.25, 0.3) is 5.91 Å². The summed E-state index contributed by atoms with van der Waals surface area (Å²) >= 11 is 5.65. The molecule has 6 nitrogen and oxygen atoms in total. The van der Waals surface area contributed by atoms with Gasteiger partial charge in [0.15, 0.2) is 0 Å². The Bertz CT molecular complexity index is 445. The molecule has 0 aliphatic heterocycles. The molecule has 7 heteroatoms. The van der Waals surface area contributed by atoms with Gasteiger partial charge in [-0.15, -0.1) is 0 Å². The summed E-state index contributed by atoms with van der Waals surface area (Å²) in [5.41, 5.74) is 0.711. The zero-order chi connectivity index (χ0) is 13.7. The van der Waals surface area contributed by atoms with Gasteiger partial charge in [-0.2, -0.15) is 0 Å². The van der Waals surface area contributed by atoms with E-state index in [0.29, 0.717) is 12.1 Å². The van der Waals surface area contributed by atoms with Crippen LogP contribution in [-0.4, -0.2) is 33.0 Å². The molecule has 1 amide bonds. The Kier molecular flexibility index (Phi) is 5.03. The van der Waals surface area contributed by atoms with Gasteiger partial charge in [0, 0.05) is 11.7 Å². The Balaban J connectivity index is 2.77. The highest BCUT2D eigenvalue weighted by atomic mass is 35.5. The van der Waals surface area contributed by atoms with Gasteiger partial charge in [-0.05, 0) is 31.0 Å². The first-order chi connectivity index (χ1) is 8.42. The van der Waals surface area contributed by atoms with Crippen LogP contribution in [0.4, 0.5) is 0 Å². The topological polar surface area (TPSA) is 92.2 Å². The van der Waals surface area contributed by atoms with E-state index in [1.54, 1.807) is 13.8 Å². The summed E-state index contributed by atoms with van der Waals surface area (Å²) in [5.74, 6) is -1.41. The highest BCUT2D eigenvalue weighted by Gasteiger charge is 2.16. The highest BCUT2D eigenvalue weighted by Crippen LogP contribution is 2.06. The van der Waals surface area contributed by atoms with Gasteiger partial charge in [0.1, 0.15) is 5.69 Å². The minimum atomic E-state index is -0.959. The average molecular weight is 272 g/mol. The molecular formula is C11H14ClN3O3. The molecule has 0 aliphatic carbocycles. The van der Waals surface area contributed by atoms with Crippen LogP contribution in [0, 0.1) is 6.92 Å². The summed E-state index contributed by atoms with van der Waals surface area (Å²) < 4.78 is 0. The lowest BCUT2D eigenvalue weighted by molar-refractivity contribution is -0.137. The number of nitrogens with zero attached hydrogens (tertiary/aromatic N) is 2. The molecule has 0 saturated heterocycles. The normalized spacial score (nSPS) is 11.9. The van der Waals surface area contributed by atoms with Crippen LogP contribution in [0.5, 0.6) is 0 Å². The van der Waals surface area contributed by atoms with Gasteiger partial charge in [-0.3, -0.25) is 9.59 Å². The Labute approximate surface area is 109 Å². The molecule has 0 fully saturated rings. The number of halogens is 1. The smallest absolute Gasteiger partial charge is 0.305 e. The van der Waals surface area contributed by atoms with Crippen molar-refractivity contribution in [2.24, 2.45) is 0 Å². The van der Waals surface area contributed by atoms with Crippen molar-refractivity contribution in [2.75, 3.05) is 0 Å². The summed E-state index contributed by atoms with van der Waals surface area (Å²) in [7, 11) is 0. The standard InChI is InChI=1S/C11H14ClN3O3/c1-3-7(5-9(16)17)14-10(18)8-4-6(2)13-11(12)15-8/h4,7H,3,5H2,1-2H3,(H,14,18)(H,16,17). The van der Waals surface area contributed by atoms with Crippen LogP contribution in [0.1, 0.15) is 35.9 Å². The lowest BCUT2D eigenvalue weighted by atomic mass is 10.1. The summed E-state index contributed by atoms with van der Waals surface area (Å²) in [6, 6.07) is 1.07. The summed E-state index contributed by atoms with van der Waals surface area (Å²) in [6.07, 6.45) is 0.399. The monoisotopic (exact) mass is 271 g/mol. The van der Waals surface area contributed by atoms with Crippen LogP contribution in [0.15, 0.2) is 6.07 Å². The summed E-state index contributed by atoms with van der Waals surface area (Å²) in [6.45, 7) is 3.49. The molecule has 1 aromatic heterocycles. The van der Waals surface area contributed by atoms with Crippen molar-refractivity contribution >= 4 is 23.5 Å². The third-order valence-electron chi connectivity index (χ3n) is 2.31. The van der Waals surface area contributed by atoms with Gasteiger partial charge < -0.3 is 10.4 Å². The first-order valence-corrected chi connectivity index (χ1v) is 5.84. The lowest BCUT2D eigenvalue weighted by Gasteiger charge is -2.14. The second-order valence-corrected chi connectivity index (χ2v) is 4.18. The second-order valence-electron chi connectivity index (χ2n) is 3.84. The number of carbonyl (C=O) groups is 2. The van der Waals surface area contributed by atoms with Crippen molar-refractivity contribution < 1.29 is 14.7 Å². The third-order valence-corrected chi connectivity index (χ3v) is 2.48. The fraction of sp³-hybridized carbons (Fsp3) is 0.455. The minimum absolute atomic E-state index is 0.00793. The maximum absolute atomic E-state index is 11.8. The third kappa shape index (κ3) is 4.29. The number of rotatable bonds is 5. The summed E-state index contributed by atoms with van der Waals surface area (Å²) in [5, 5.41) is 11.3. The Morgan fingerprint density at radius 3 is 2.67 bits per heavy atom. The van der Waals surface area contributed by atoms with Crippen LogP contribution in [0.2, 0.25) is 5.28 Å². The predicted octanol–water partition coefficient (Wildman–Crippen LogP) is 1.42. The molecule has 1 aromatic rings. The molecule has 2 N–H and O–H groups in total. The number of amides is 1. The first kappa shape index (κ1) is 14.4. The molecule has 98 valence electrons. The van der Waals surface area contributed by atoms with Gasteiger partial charge in [-0.25, -0.2) is 9.97 Å². The van der Waals surface area contributed by atoms with Crippen LogP contribution in [0.25, 0.3) is 0 Å². The zero-order valence-corrected chi connectivity index (χ0v) is 10.9. The quantitative estimate of drug-likeness (QED) is 0.790. The van der Waals surface area contributed by atoms with Crippen molar-refractivity contribution in [3.8, 4) is 0 Å². The SMILES string of the molecule is CCC(CC(=O)O)NC(=O)c1cc(C)nc(Cl)n1. The van der Waals surface area contributed by atoms with E-state index in [1.807, 2.05) is 0 Å². The van der Waals surface area contributed by atoms with Crippen LogP contribution >= 0.6 is 11.6 Å². The minimum Gasteiger partial charge on any atom is -0.481 e. The first-order valence-electron chi connectivity index (χ1n) is 5.46. The number of hydrogen-bond donors (Lipinski definition) is 2. The van der Waals surface area contributed by atoms with Gasteiger partial charge >= 0.3 is 5.97 Å². The molecule has 0 bridgehead atoms. The van der Waals surface area contributed by atoms with Crippen molar-refractivity contribution in [2.45, 2.75) is 32.7 Å². The molecule has 1 atom stereocenters. The van der Waals surface area contributed by atoms with Crippen molar-refractivity contribution in [1.29, 1.82) is 0 Å². The van der Waals surface area contributed by atoms with Gasteiger partial charge in [0.2, 0.25) is 5.28 Å². The highest BCUT2D eigenvalue weighted by molar-refractivity contribution is 6.28. The fourth-order valence-corrected chi connectivity index (χ4v) is 1.64. The number of aryl methyl sites for hydroxylation is 1. The maximum atomic E-state index is 11.8. The lowest BCUT2D eigenvalue weighted by Crippen LogP contribution is -2.36. The molecule has 1 rings (SSSR count). The van der Waals surface area contributed by atoms with E-state index in [-0.39, 0.29) is 17.4 Å². The molecule has 0 aromatic carbocycles. The number of carboxylic acids is 1. The van der Waals surface area contributed by atoms with E-state index in [2.05, 4.69) is 15.3 Å². The number of carboxylic acid groups (broad SMARTS) is 1. The molecule has 0 saturated carbocycles. The van der Waals surface area contributed by atoms with Crippen LogP contribution in [0.3, 0.4) is 0 Å². The van der Waals surface area contributed by atoms with E-state index in [1.165, 1.54) is 6.07 Å².